The van der Waals surface area contributed by atoms with E-state index in [9.17, 15) is 16.8 Å². The molecule has 0 aliphatic rings. The van der Waals surface area contributed by atoms with E-state index >= 15 is 0 Å². The standard InChI is InChI=1S/C12H9Cl2NO4S2/c13-11-8-9(6-7-12(11)20(14,16)17)15-21(18,19)10-4-2-1-3-5-10/h1-8,15H. The van der Waals surface area contributed by atoms with Crippen LogP contribution >= 0.6 is 22.3 Å². The number of anilines is 1. The molecule has 0 radical (unpaired) electrons. The Morgan fingerprint density at radius 1 is 0.905 bits per heavy atom. The van der Waals surface area contributed by atoms with Crippen LogP contribution in [0.5, 0.6) is 0 Å². The summed E-state index contributed by atoms with van der Waals surface area (Å²) in [7, 11) is -2.56. The number of halogens is 2. The molecule has 0 saturated carbocycles. The first-order valence-electron chi connectivity index (χ1n) is 5.52. The molecule has 2 rings (SSSR count). The van der Waals surface area contributed by atoms with Crippen LogP contribution in [0.15, 0.2) is 58.3 Å². The van der Waals surface area contributed by atoms with Crippen molar-refractivity contribution >= 4 is 47.0 Å². The lowest BCUT2D eigenvalue weighted by atomic mass is 10.3. The lowest BCUT2D eigenvalue weighted by Crippen LogP contribution is -2.12. The van der Waals surface area contributed by atoms with Gasteiger partial charge in [-0.05, 0) is 30.3 Å². The van der Waals surface area contributed by atoms with Gasteiger partial charge in [-0.2, -0.15) is 0 Å². The summed E-state index contributed by atoms with van der Waals surface area (Å²) in [6.45, 7) is 0. The fourth-order valence-electron chi connectivity index (χ4n) is 1.58. The van der Waals surface area contributed by atoms with Crippen molar-refractivity contribution in [2.75, 3.05) is 4.72 Å². The Morgan fingerprint density at radius 3 is 2.05 bits per heavy atom. The fraction of sp³-hybridized carbons (Fsp3) is 0. The van der Waals surface area contributed by atoms with Gasteiger partial charge >= 0.3 is 0 Å². The minimum atomic E-state index is -3.98. The maximum atomic E-state index is 12.1. The van der Waals surface area contributed by atoms with E-state index in [1.807, 2.05) is 0 Å². The van der Waals surface area contributed by atoms with Crippen molar-refractivity contribution in [3.05, 3.63) is 53.6 Å². The highest BCUT2D eigenvalue weighted by molar-refractivity contribution is 8.13. The molecule has 0 spiro atoms. The molecular weight excluding hydrogens is 357 g/mol. The van der Waals surface area contributed by atoms with Gasteiger partial charge in [-0.15, -0.1) is 0 Å². The van der Waals surface area contributed by atoms with Gasteiger partial charge in [-0.1, -0.05) is 29.8 Å². The van der Waals surface area contributed by atoms with Crippen LogP contribution in [0.3, 0.4) is 0 Å². The summed E-state index contributed by atoms with van der Waals surface area (Å²) < 4.78 is 48.9. The average molecular weight is 366 g/mol. The number of hydrogen-bond acceptors (Lipinski definition) is 4. The molecule has 0 aliphatic carbocycles. The highest BCUT2D eigenvalue weighted by Gasteiger charge is 2.17. The van der Waals surface area contributed by atoms with Gasteiger partial charge in [0.1, 0.15) is 4.90 Å². The number of nitrogens with one attached hydrogen (secondary N) is 1. The number of rotatable bonds is 4. The van der Waals surface area contributed by atoms with Gasteiger partial charge in [-0.25, -0.2) is 16.8 Å². The largest absolute Gasteiger partial charge is 0.280 e. The molecule has 0 saturated heterocycles. The van der Waals surface area contributed by atoms with Gasteiger partial charge in [0.25, 0.3) is 19.1 Å². The van der Waals surface area contributed by atoms with Crippen LogP contribution in [0.25, 0.3) is 0 Å². The summed E-state index contributed by atoms with van der Waals surface area (Å²) in [5.41, 5.74) is 0.132. The molecule has 0 aliphatic heterocycles. The van der Waals surface area contributed by atoms with Crippen LogP contribution in [0, 0.1) is 0 Å². The molecule has 9 heteroatoms. The Balaban J connectivity index is 2.36. The molecular formula is C12H9Cl2NO4S2. The summed E-state index contributed by atoms with van der Waals surface area (Å²) in [4.78, 5) is -0.205. The van der Waals surface area contributed by atoms with Gasteiger partial charge in [0.15, 0.2) is 0 Å². The summed E-state index contributed by atoms with van der Waals surface area (Å²) in [6.07, 6.45) is 0. The van der Waals surface area contributed by atoms with Crippen molar-refractivity contribution in [2.24, 2.45) is 0 Å². The molecule has 5 nitrogen and oxygen atoms in total. The Hall–Kier alpha value is -1.28. The zero-order chi connectivity index (χ0) is 15.7. The van der Waals surface area contributed by atoms with Crippen LogP contribution in [0.1, 0.15) is 0 Å². The highest BCUT2D eigenvalue weighted by Crippen LogP contribution is 2.28. The molecule has 2 aromatic rings. The minimum Gasteiger partial charge on any atom is -0.280 e. The molecule has 0 atom stereocenters. The Kier molecular flexibility index (Phi) is 4.48. The molecule has 1 N–H and O–H groups in total. The van der Waals surface area contributed by atoms with Crippen molar-refractivity contribution in [1.82, 2.24) is 0 Å². The van der Waals surface area contributed by atoms with Gasteiger partial charge < -0.3 is 0 Å². The summed E-state index contributed by atoms with van der Waals surface area (Å²) in [5, 5.41) is -0.168. The van der Waals surface area contributed by atoms with E-state index in [1.165, 1.54) is 24.3 Å². The third-order valence-corrected chi connectivity index (χ3v) is 5.70. The first kappa shape index (κ1) is 16.1. The Morgan fingerprint density at radius 2 is 1.52 bits per heavy atom. The molecule has 0 amide bonds. The van der Waals surface area contributed by atoms with Crippen molar-refractivity contribution in [2.45, 2.75) is 9.79 Å². The quantitative estimate of drug-likeness (QED) is 0.844. The van der Waals surface area contributed by atoms with Gasteiger partial charge in [0, 0.05) is 10.7 Å². The zero-order valence-electron chi connectivity index (χ0n) is 10.3. The molecule has 112 valence electrons. The predicted octanol–water partition coefficient (Wildman–Crippen LogP) is 3.07. The molecule has 0 fully saturated rings. The molecule has 0 unspecified atom stereocenters. The van der Waals surface area contributed by atoms with E-state index < -0.39 is 19.1 Å². The third kappa shape index (κ3) is 3.88. The summed E-state index contributed by atoms with van der Waals surface area (Å²) in [5.74, 6) is 0. The van der Waals surface area contributed by atoms with E-state index in [-0.39, 0.29) is 20.5 Å². The first-order chi connectivity index (χ1) is 9.70. The normalized spacial score (nSPS) is 12.1. The van der Waals surface area contributed by atoms with Gasteiger partial charge in [0.2, 0.25) is 0 Å². The second-order valence-corrected chi connectivity index (χ2v) is 8.63. The van der Waals surface area contributed by atoms with Gasteiger partial charge in [-0.3, -0.25) is 4.72 Å². The highest BCUT2D eigenvalue weighted by atomic mass is 35.7. The van der Waals surface area contributed by atoms with Crippen LogP contribution < -0.4 is 4.72 Å². The lowest BCUT2D eigenvalue weighted by molar-refractivity contribution is 0.601. The average Bonchev–Trinajstić information content (AvgIpc) is 2.37. The monoisotopic (exact) mass is 365 g/mol. The molecule has 2 aromatic carbocycles. The van der Waals surface area contributed by atoms with Crippen LogP contribution in [0.4, 0.5) is 5.69 Å². The maximum Gasteiger partial charge on any atom is 0.262 e. The van der Waals surface area contributed by atoms with E-state index in [0.717, 1.165) is 6.07 Å². The second kappa shape index (κ2) is 5.84. The maximum absolute atomic E-state index is 12.1. The minimum absolute atomic E-state index is 0.0789. The van der Waals surface area contributed by atoms with Crippen molar-refractivity contribution in [3.63, 3.8) is 0 Å². The second-order valence-electron chi connectivity index (χ2n) is 4.00. The topological polar surface area (TPSA) is 80.3 Å². The third-order valence-electron chi connectivity index (χ3n) is 2.50. The molecule has 0 bridgehead atoms. The van der Waals surface area contributed by atoms with Crippen LogP contribution in [-0.2, 0) is 19.1 Å². The van der Waals surface area contributed by atoms with Crippen molar-refractivity contribution in [3.8, 4) is 0 Å². The Bertz CT molecular complexity index is 865. The molecule has 0 aromatic heterocycles. The SMILES string of the molecule is O=S(=O)(Cl)c1ccc(NS(=O)(=O)c2ccccc2)cc1Cl. The summed E-state index contributed by atoms with van der Waals surface area (Å²) in [6, 6.07) is 11.3. The van der Waals surface area contributed by atoms with Crippen molar-refractivity contribution < 1.29 is 16.8 Å². The first-order valence-corrected chi connectivity index (χ1v) is 9.69. The van der Waals surface area contributed by atoms with E-state index in [4.69, 9.17) is 22.3 Å². The van der Waals surface area contributed by atoms with E-state index in [2.05, 4.69) is 4.72 Å². The van der Waals surface area contributed by atoms with Crippen molar-refractivity contribution in [1.29, 1.82) is 0 Å². The predicted molar refractivity (Wildman–Crippen MR) is 81.7 cm³/mol. The van der Waals surface area contributed by atoms with E-state index in [0.29, 0.717) is 0 Å². The fourth-order valence-corrected chi connectivity index (χ4v) is 4.18. The van der Waals surface area contributed by atoms with Crippen LogP contribution in [0.2, 0.25) is 5.02 Å². The number of sulfonamides is 1. The molecule has 21 heavy (non-hydrogen) atoms. The summed E-state index contributed by atoms with van der Waals surface area (Å²) >= 11 is 5.79. The Labute approximate surface area is 132 Å². The van der Waals surface area contributed by atoms with E-state index in [1.54, 1.807) is 18.2 Å². The smallest absolute Gasteiger partial charge is 0.262 e. The molecule has 0 heterocycles. The number of hydrogen-bond donors (Lipinski definition) is 1. The lowest BCUT2D eigenvalue weighted by Gasteiger charge is -2.09. The van der Waals surface area contributed by atoms with Gasteiger partial charge in [0.05, 0.1) is 15.6 Å². The van der Waals surface area contributed by atoms with Crippen LogP contribution in [-0.4, -0.2) is 16.8 Å². The number of benzene rings is 2. The zero-order valence-corrected chi connectivity index (χ0v) is 13.5.